The maximum atomic E-state index is 11.3. The normalized spacial score (nSPS) is 11.8. The number of benzene rings is 1. The van der Waals surface area contributed by atoms with Crippen molar-refractivity contribution in [1.29, 1.82) is 0 Å². The van der Waals surface area contributed by atoms with Gasteiger partial charge in [0.1, 0.15) is 16.5 Å². The van der Waals surface area contributed by atoms with E-state index < -0.39 is 0 Å². The number of rotatable bonds is 7. The molecule has 0 amide bonds. The second-order valence-electron chi connectivity index (χ2n) is 4.15. The first-order valence-electron chi connectivity index (χ1n) is 6.36. The van der Waals surface area contributed by atoms with Crippen molar-refractivity contribution < 1.29 is 19.0 Å². The van der Waals surface area contributed by atoms with Crippen molar-refractivity contribution in [2.75, 3.05) is 20.8 Å². The number of hydrogen-bond acceptors (Lipinski definition) is 5. The van der Waals surface area contributed by atoms with E-state index in [2.05, 4.69) is 0 Å². The lowest BCUT2D eigenvalue weighted by Gasteiger charge is -2.18. The Kier molecular flexibility index (Phi) is 6.61. The van der Waals surface area contributed by atoms with E-state index in [0.29, 0.717) is 29.5 Å². The molecule has 0 spiro atoms. The highest BCUT2D eigenvalue weighted by molar-refractivity contribution is 6.33. The van der Waals surface area contributed by atoms with E-state index in [1.165, 1.54) is 14.2 Å². The number of halogens is 1. The summed E-state index contributed by atoms with van der Waals surface area (Å²) in [6, 6.07) is 3.15. The first kappa shape index (κ1) is 16.6. The van der Waals surface area contributed by atoms with Crippen LogP contribution in [0.15, 0.2) is 12.1 Å². The summed E-state index contributed by atoms with van der Waals surface area (Å²) in [5.74, 6) is 0.730. The smallest absolute Gasteiger partial charge is 0.305 e. The van der Waals surface area contributed by atoms with Gasteiger partial charge in [-0.15, -0.1) is 0 Å². The van der Waals surface area contributed by atoms with Crippen LogP contribution in [-0.2, 0) is 9.53 Å². The first-order valence-corrected chi connectivity index (χ1v) is 6.74. The van der Waals surface area contributed by atoms with E-state index >= 15 is 0 Å². The van der Waals surface area contributed by atoms with Gasteiger partial charge in [0.05, 0.1) is 20.8 Å². The van der Waals surface area contributed by atoms with Gasteiger partial charge in [0.25, 0.3) is 0 Å². The summed E-state index contributed by atoms with van der Waals surface area (Å²) in [7, 11) is 3.04. The van der Waals surface area contributed by atoms with E-state index in [1.807, 2.05) is 0 Å². The van der Waals surface area contributed by atoms with Gasteiger partial charge in [0, 0.05) is 18.0 Å². The third-order valence-corrected chi connectivity index (χ3v) is 3.24. The summed E-state index contributed by atoms with van der Waals surface area (Å²) in [5.41, 5.74) is 6.83. The van der Waals surface area contributed by atoms with E-state index in [-0.39, 0.29) is 18.4 Å². The molecule has 1 atom stereocenters. The zero-order valence-corrected chi connectivity index (χ0v) is 12.7. The van der Waals surface area contributed by atoms with Crippen molar-refractivity contribution >= 4 is 17.6 Å². The molecule has 0 radical (unpaired) electrons. The minimum atomic E-state index is -0.363. The quantitative estimate of drug-likeness (QED) is 0.784. The molecule has 20 heavy (non-hydrogen) atoms. The predicted molar refractivity (Wildman–Crippen MR) is 77.4 cm³/mol. The predicted octanol–water partition coefficient (Wildman–Crippen LogP) is 2.70. The molecule has 5 nitrogen and oxygen atoms in total. The molecule has 2 N–H and O–H groups in total. The molecule has 1 aromatic rings. The van der Waals surface area contributed by atoms with Crippen molar-refractivity contribution in [3.63, 3.8) is 0 Å². The average Bonchev–Trinajstić information content (AvgIpc) is 2.44. The van der Waals surface area contributed by atoms with Gasteiger partial charge in [-0.05, 0) is 25.5 Å². The van der Waals surface area contributed by atoms with Gasteiger partial charge in [0.15, 0.2) is 0 Å². The van der Waals surface area contributed by atoms with Crippen LogP contribution >= 0.6 is 11.6 Å². The molecule has 0 heterocycles. The van der Waals surface area contributed by atoms with Gasteiger partial charge < -0.3 is 19.9 Å². The maximum absolute atomic E-state index is 11.3. The summed E-state index contributed by atoms with van der Waals surface area (Å²) < 4.78 is 15.3. The molecule has 0 aliphatic carbocycles. The van der Waals surface area contributed by atoms with Crippen LogP contribution in [0.1, 0.15) is 31.4 Å². The molecule has 1 rings (SSSR count). The van der Waals surface area contributed by atoms with Crippen LogP contribution in [0.2, 0.25) is 5.02 Å². The fourth-order valence-electron chi connectivity index (χ4n) is 1.87. The third kappa shape index (κ3) is 4.02. The fourth-order valence-corrected chi connectivity index (χ4v) is 2.20. The second-order valence-corrected chi connectivity index (χ2v) is 4.53. The molecule has 0 saturated carbocycles. The van der Waals surface area contributed by atoms with Crippen LogP contribution in [0.3, 0.4) is 0 Å². The lowest BCUT2D eigenvalue weighted by atomic mass is 10.0. The average molecular weight is 302 g/mol. The van der Waals surface area contributed by atoms with Crippen LogP contribution in [-0.4, -0.2) is 26.8 Å². The van der Waals surface area contributed by atoms with Crippen molar-refractivity contribution in [3.8, 4) is 11.5 Å². The Hall–Kier alpha value is -1.46. The third-order valence-electron chi connectivity index (χ3n) is 2.88. The lowest BCUT2D eigenvalue weighted by molar-refractivity contribution is -0.143. The number of nitrogens with two attached hydrogens (primary N) is 1. The topological polar surface area (TPSA) is 70.8 Å². The molecular formula is C14H20ClNO4. The zero-order chi connectivity index (χ0) is 15.1. The largest absolute Gasteiger partial charge is 0.495 e. The van der Waals surface area contributed by atoms with Crippen molar-refractivity contribution in [3.05, 3.63) is 22.7 Å². The molecule has 0 aliphatic rings. The maximum Gasteiger partial charge on any atom is 0.305 e. The molecule has 0 aliphatic heterocycles. The van der Waals surface area contributed by atoms with E-state index in [9.17, 15) is 4.79 Å². The molecule has 6 heteroatoms. The fraction of sp³-hybridized carbons (Fsp3) is 0.500. The van der Waals surface area contributed by atoms with E-state index in [0.717, 1.165) is 5.56 Å². The molecule has 0 bridgehead atoms. The van der Waals surface area contributed by atoms with E-state index in [4.69, 9.17) is 31.5 Å². The van der Waals surface area contributed by atoms with Crippen LogP contribution < -0.4 is 15.2 Å². The SMILES string of the molecule is CCOC(=O)CCC(N)c1ccc(OC)c(Cl)c1OC. The summed E-state index contributed by atoms with van der Waals surface area (Å²) in [4.78, 5) is 11.3. The highest BCUT2D eigenvalue weighted by Crippen LogP contribution is 2.39. The van der Waals surface area contributed by atoms with Crippen LogP contribution in [0.4, 0.5) is 0 Å². The first-order chi connectivity index (χ1) is 9.54. The highest BCUT2D eigenvalue weighted by atomic mass is 35.5. The second kappa shape index (κ2) is 7.97. The van der Waals surface area contributed by atoms with Crippen LogP contribution in [0.5, 0.6) is 11.5 Å². The molecule has 0 fully saturated rings. The summed E-state index contributed by atoms with van der Waals surface area (Å²) >= 11 is 6.17. The van der Waals surface area contributed by atoms with Gasteiger partial charge in [-0.2, -0.15) is 0 Å². The Bertz CT molecular complexity index is 465. The van der Waals surface area contributed by atoms with Crippen LogP contribution in [0, 0.1) is 0 Å². The van der Waals surface area contributed by atoms with Gasteiger partial charge in [0.2, 0.25) is 0 Å². The number of carbonyl (C=O) groups excluding carboxylic acids is 1. The Labute approximate surface area is 123 Å². The zero-order valence-electron chi connectivity index (χ0n) is 11.9. The van der Waals surface area contributed by atoms with Crippen LogP contribution in [0.25, 0.3) is 0 Å². The standard InChI is InChI=1S/C14H20ClNO4/c1-4-20-12(17)8-6-10(16)9-5-7-11(18-2)13(15)14(9)19-3/h5,7,10H,4,6,8,16H2,1-3H3. The molecule has 0 aromatic heterocycles. The minimum Gasteiger partial charge on any atom is -0.495 e. The van der Waals surface area contributed by atoms with E-state index in [1.54, 1.807) is 19.1 Å². The Morgan fingerprint density at radius 3 is 2.60 bits per heavy atom. The molecule has 0 saturated heterocycles. The van der Waals surface area contributed by atoms with Crippen molar-refractivity contribution in [1.82, 2.24) is 0 Å². The molecular weight excluding hydrogens is 282 g/mol. The van der Waals surface area contributed by atoms with Gasteiger partial charge in [-0.25, -0.2) is 0 Å². The molecule has 1 aromatic carbocycles. The number of esters is 1. The Morgan fingerprint density at radius 1 is 1.35 bits per heavy atom. The summed E-state index contributed by atoms with van der Waals surface area (Å²) in [5, 5.41) is 0.374. The number of carbonyl (C=O) groups is 1. The van der Waals surface area contributed by atoms with Crippen molar-refractivity contribution in [2.24, 2.45) is 5.73 Å². The highest BCUT2D eigenvalue weighted by Gasteiger charge is 2.19. The lowest BCUT2D eigenvalue weighted by Crippen LogP contribution is -2.15. The summed E-state index contributed by atoms with van der Waals surface area (Å²) in [6.07, 6.45) is 0.708. The van der Waals surface area contributed by atoms with Gasteiger partial charge in [-0.3, -0.25) is 4.79 Å². The number of methoxy groups -OCH3 is 2. The molecule has 1 unspecified atom stereocenters. The monoisotopic (exact) mass is 301 g/mol. The number of ether oxygens (including phenoxy) is 3. The summed E-state index contributed by atoms with van der Waals surface area (Å²) in [6.45, 7) is 2.13. The Morgan fingerprint density at radius 2 is 2.05 bits per heavy atom. The van der Waals surface area contributed by atoms with Crippen molar-refractivity contribution in [2.45, 2.75) is 25.8 Å². The minimum absolute atomic E-state index is 0.252. The van der Waals surface area contributed by atoms with Gasteiger partial charge >= 0.3 is 5.97 Å². The van der Waals surface area contributed by atoms with Gasteiger partial charge in [-0.1, -0.05) is 11.6 Å². The molecule has 112 valence electrons. The number of hydrogen-bond donors (Lipinski definition) is 1. The Balaban J connectivity index is 2.85.